The van der Waals surface area contributed by atoms with Gasteiger partial charge in [-0.3, -0.25) is 4.79 Å². The van der Waals surface area contributed by atoms with Crippen LogP contribution in [0.3, 0.4) is 0 Å². The van der Waals surface area contributed by atoms with Gasteiger partial charge in [-0.05, 0) is 36.7 Å². The highest BCUT2D eigenvalue weighted by Gasteiger charge is 2.23. The predicted molar refractivity (Wildman–Crippen MR) is 75.4 cm³/mol. The zero-order valence-electron chi connectivity index (χ0n) is 9.77. The largest absolute Gasteiger partial charge is 0.495 e. The van der Waals surface area contributed by atoms with E-state index in [2.05, 4.69) is 15.9 Å². The van der Waals surface area contributed by atoms with Gasteiger partial charge in [-0.2, -0.15) is 0 Å². The Morgan fingerprint density at radius 3 is 2.47 bits per heavy atom. The fourth-order valence-corrected chi connectivity index (χ4v) is 3.17. The van der Waals surface area contributed by atoms with E-state index < -0.39 is 0 Å². The van der Waals surface area contributed by atoms with Gasteiger partial charge in [0, 0.05) is 0 Å². The molecule has 0 spiro atoms. The summed E-state index contributed by atoms with van der Waals surface area (Å²) in [5.41, 5.74) is 0.402. The van der Waals surface area contributed by atoms with Crippen LogP contribution >= 0.6 is 36.1 Å². The molecule has 0 saturated carbocycles. The summed E-state index contributed by atoms with van der Waals surface area (Å²) in [7, 11) is 3.18. The van der Waals surface area contributed by atoms with Gasteiger partial charge in [-0.15, -0.1) is 0 Å². The van der Waals surface area contributed by atoms with Crippen molar-refractivity contribution in [2.75, 3.05) is 20.4 Å². The molecule has 0 N–H and O–H groups in total. The van der Waals surface area contributed by atoms with Gasteiger partial charge < -0.3 is 9.47 Å². The number of methoxy groups -OCH3 is 2. The third-order valence-corrected chi connectivity index (χ3v) is 3.91. The molecule has 0 heterocycles. The highest BCUT2D eigenvalue weighted by Crippen LogP contribution is 2.43. The van der Waals surface area contributed by atoms with Crippen LogP contribution in [-0.2, 0) is 0 Å². The molecule has 1 rings (SSSR count). The maximum Gasteiger partial charge on any atom is 0.188 e. The number of ether oxygens (including phenoxy) is 2. The van der Waals surface area contributed by atoms with Crippen molar-refractivity contribution in [1.82, 2.24) is 0 Å². The summed E-state index contributed by atoms with van der Waals surface area (Å²) >= 11 is 9.38. The first-order chi connectivity index (χ1) is 8.06. The Morgan fingerprint density at radius 2 is 2.00 bits per heavy atom. The van der Waals surface area contributed by atoms with Gasteiger partial charge in [-0.25, -0.2) is 0 Å². The summed E-state index contributed by atoms with van der Waals surface area (Å²) in [4.78, 5) is 12.1. The van der Waals surface area contributed by atoms with Crippen LogP contribution in [0.4, 0.5) is 0 Å². The fraction of sp³-hybridized carbons (Fsp3) is 0.364. The van der Waals surface area contributed by atoms with Crippen LogP contribution in [0.5, 0.6) is 11.5 Å². The average molecular weight is 340 g/mol. The van der Waals surface area contributed by atoms with Gasteiger partial charge >= 0.3 is 0 Å². The maximum atomic E-state index is 12.1. The highest BCUT2D eigenvalue weighted by molar-refractivity contribution is 9.10. The molecule has 1 unspecified atom stereocenters. The zero-order valence-corrected chi connectivity index (χ0v) is 13.1. The Labute approximate surface area is 116 Å². The molecule has 0 radical (unpaired) electrons. The lowest BCUT2D eigenvalue weighted by molar-refractivity contribution is 0.107. The molecule has 94 valence electrons. The Balaban J connectivity index is 3.45. The number of carbonyl (C=O) groups excluding carboxylic acids is 1. The van der Waals surface area contributed by atoms with E-state index in [9.17, 15) is 4.79 Å². The molecule has 0 fully saturated rings. The van der Waals surface area contributed by atoms with E-state index in [4.69, 9.17) is 21.1 Å². The van der Waals surface area contributed by atoms with Crippen LogP contribution < -0.4 is 9.47 Å². The molecule has 0 aliphatic rings. The first-order valence-electron chi connectivity index (χ1n) is 4.94. The smallest absolute Gasteiger partial charge is 0.188 e. The van der Waals surface area contributed by atoms with Crippen LogP contribution in [0.1, 0.15) is 17.3 Å². The molecule has 0 aliphatic carbocycles. The molecule has 1 aromatic rings. The molecule has 6 heteroatoms. The van der Waals surface area contributed by atoms with Crippen molar-refractivity contribution >= 4 is 41.6 Å². The van der Waals surface area contributed by atoms with Crippen molar-refractivity contribution in [1.29, 1.82) is 0 Å². The van der Waals surface area contributed by atoms with Crippen LogP contribution in [-0.4, -0.2) is 25.9 Å². The normalized spacial score (nSPS) is 10.9. The Bertz CT molecular complexity index is 409. The summed E-state index contributed by atoms with van der Waals surface area (Å²) in [6.45, 7) is 1.95. The second-order valence-electron chi connectivity index (χ2n) is 3.14. The van der Waals surface area contributed by atoms with Gasteiger partial charge in [0.05, 0.1) is 23.7 Å². The molecule has 1 atom stereocenters. The highest BCUT2D eigenvalue weighted by atomic mass is 79.9. The molecule has 1 aromatic carbocycles. The minimum Gasteiger partial charge on any atom is -0.495 e. The minimum absolute atomic E-state index is 0.00981. The van der Waals surface area contributed by atoms with Crippen molar-refractivity contribution in [3.63, 3.8) is 0 Å². The quantitative estimate of drug-likeness (QED) is 0.762. The second-order valence-corrected chi connectivity index (χ2v) is 5.92. The molecule has 0 amide bonds. The van der Waals surface area contributed by atoms with E-state index in [1.807, 2.05) is 6.92 Å². The van der Waals surface area contributed by atoms with E-state index in [-0.39, 0.29) is 14.1 Å². The number of hydrogen-bond acceptors (Lipinski definition) is 3. The Hall–Kier alpha value is -0.310. The van der Waals surface area contributed by atoms with Crippen molar-refractivity contribution < 1.29 is 14.3 Å². The van der Waals surface area contributed by atoms with E-state index in [0.717, 1.165) is 6.16 Å². The van der Waals surface area contributed by atoms with E-state index in [1.54, 1.807) is 6.07 Å². The van der Waals surface area contributed by atoms with Crippen molar-refractivity contribution in [2.24, 2.45) is 0 Å². The van der Waals surface area contributed by atoms with Gasteiger partial charge in [-0.1, -0.05) is 18.5 Å². The van der Waals surface area contributed by atoms with Gasteiger partial charge in [0.1, 0.15) is 11.3 Å². The summed E-state index contributed by atoms with van der Waals surface area (Å²) in [5, 5.41) is 0.393. The lowest BCUT2D eigenvalue weighted by Crippen LogP contribution is -2.02. The molecular formula is C11H13BrClO3P. The second kappa shape index (κ2) is 6.58. The number of rotatable bonds is 5. The minimum atomic E-state index is -0.00981. The first-order valence-corrected chi connectivity index (χ1v) is 7.32. The molecule has 0 aliphatic heterocycles. The lowest BCUT2D eigenvalue weighted by Gasteiger charge is -2.15. The zero-order chi connectivity index (χ0) is 13.0. The van der Waals surface area contributed by atoms with Crippen LogP contribution in [0.25, 0.3) is 0 Å². The molecular weight excluding hydrogens is 326 g/mol. The topological polar surface area (TPSA) is 35.5 Å². The molecule has 0 saturated heterocycles. The summed E-state index contributed by atoms with van der Waals surface area (Å²) in [6.07, 6.45) is 0.787. The molecule has 17 heavy (non-hydrogen) atoms. The summed E-state index contributed by atoms with van der Waals surface area (Å²) < 4.78 is 11.1. The number of benzene rings is 1. The number of carbonyl (C=O) groups is 1. The maximum absolute atomic E-state index is 12.1. The van der Waals surface area contributed by atoms with Crippen LogP contribution in [0.2, 0.25) is 5.02 Å². The Morgan fingerprint density at radius 1 is 1.41 bits per heavy atom. The van der Waals surface area contributed by atoms with E-state index in [1.165, 1.54) is 14.2 Å². The summed E-state index contributed by atoms with van der Waals surface area (Å²) in [5.74, 6) is 0.842. The van der Waals surface area contributed by atoms with Crippen molar-refractivity contribution in [2.45, 2.75) is 6.92 Å². The molecule has 0 aromatic heterocycles. The first kappa shape index (κ1) is 14.7. The predicted octanol–water partition coefficient (Wildman–Crippen LogP) is 3.96. The van der Waals surface area contributed by atoms with Crippen LogP contribution in [0.15, 0.2) is 10.5 Å². The monoisotopic (exact) mass is 338 g/mol. The standard InChI is InChI=1S/C11H13BrClO3P/c1-4-17-11(14)8-9(15-2)6(12)5-7(13)10(8)16-3/h5,17H,4H2,1-3H3. The average Bonchev–Trinajstić information content (AvgIpc) is 2.28. The third-order valence-electron chi connectivity index (χ3n) is 2.11. The lowest BCUT2D eigenvalue weighted by atomic mass is 10.2. The van der Waals surface area contributed by atoms with Crippen molar-refractivity contribution in [3.8, 4) is 11.5 Å². The van der Waals surface area contributed by atoms with E-state index >= 15 is 0 Å². The Kier molecular flexibility index (Phi) is 5.71. The number of halogens is 2. The molecule has 0 bridgehead atoms. The van der Waals surface area contributed by atoms with E-state index in [0.29, 0.717) is 26.6 Å². The SMILES string of the molecule is CCPC(=O)c1c(OC)c(Cl)cc(Br)c1OC. The van der Waals surface area contributed by atoms with Crippen LogP contribution in [0, 0.1) is 0 Å². The van der Waals surface area contributed by atoms with Crippen molar-refractivity contribution in [3.05, 3.63) is 21.1 Å². The van der Waals surface area contributed by atoms with Gasteiger partial charge in [0.2, 0.25) is 0 Å². The third kappa shape index (κ3) is 3.12. The fourth-order valence-electron chi connectivity index (χ4n) is 1.44. The van der Waals surface area contributed by atoms with Gasteiger partial charge in [0.15, 0.2) is 11.3 Å². The summed E-state index contributed by atoms with van der Waals surface area (Å²) in [6, 6.07) is 1.66. The number of hydrogen-bond donors (Lipinski definition) is 0. The molecule has 3 nitrogen and oxygen atoms in total. The van der Waals surface area contributed by atoms with Gasteiger partial charge in [0.25, 0.3) is 0 Å².